The molecule has 2 aliphatic heterocycles. The Hall–Kier alpha value is -3.80. The number of nitrogens with one attached hydrogen (secondary N) is 2. The van der Waals surface area contributed by atoms with E-state index in [0.29, 0.717) is 0 Å². The van der Waals surface area contributed by atoms with Crippen LogP contribution in [0.5, 0.6) is 0 Å². The summed E-state index contributed by atoms with van der Waals surface area (Å²) in [5.74, 6) is 0. The molecule has 6 nitrogen and oxygen atoms in total. The van der Waals surface area contributed by atoms with Crippen LogP contribution in [-0.2, 0) is 22.5 Å². The second-order valence-corrected chi connectivity index (χ2v) is 9.63. The summed E-state index contributed by atoms with van der Waals surface area (Å²) < 4.78 is 0. The van der Waals surface area contributed by atoms with Crippen molar-refractivity contribution < 1.29 is 17.1 Å². The average Bonchev–Trinajstić information content (AvgIpc) is 3.58. The molecule has 2 aliphatic rings. The van der Waals surface area contributed by atoms with E-state index in [1.54, 1.807) is 0 Å². The van der Waals surface area contributed by atoms with Gasteiger partial charge in [-0.1, -0.05) is 20.8 Å². The molecule has 0 amide bonds. The summed E-state index contributed by atoms with van der Waals surface area (Å²) in [5, 5.41) is 0. The van der Waals surface area contributed by atoms with Crippen molar-refractivity contribution in [2.75, 3.05) is 0 Å². The normalized spacial score (nSPS) is 12.5. The first-order chi connectivity index (χ1) is 16.4. The van der Waals surface area contributed by atoms with Gasteiger partial charge in [0.15, 0.2) is 0 Å². The van der Waals surface area contributed by atoms with Gasteiger partial charge in [0.2, 0.25) is 0 Å². The van der Waals surface area contributed by atoms with E-state index < -0.39 is 0 Å². The molecule has 35 heavy (non-hydrogen) atoms. The minimum absolute atomic E-state index is 0. The van der Waals surface area contributed by atoms with Crippen molar-refractivity contribution in [3.05, 3.63) is 83.3 Å². The van der Waals surface area contributed by atoms with E-state index in [4.69, 9.17) is 9.97 Å². The smallest absolute Gasteiger partial charge is 0.0907 e. The molecule has 0 unspecified atom stereocenters. The fraction of sp³-hybridized carbons (Fsp3) is 0.143. The van der Waals surface area contributed by atoms with Crippen molar-refractivity contribution in [2.45, 2.75) is 26.2 Å². The summed E-state index contributed by atoms with van der Waals surface area (Å²) in [4.78, 5) is 25.9. The van der Waals surface area contributed by atoms with Gasteiger partial charge in [0.25, 0.3) is 0 Å². The van der Waals surface area contributed by atoms with Gasteiger partial charge in [-0.25, -0.2) is 9.97 Å². The Morgan fingerprint density at radius 2 is 1.26 bits per heavy atom. The molecule has 8 bridgehead atoms. The molecule has 177 valence electrons. The molecule has 0 aromatic carbocycles. The molecule has 4 aromatic heterocycles. The van der Waals surface area contributed by atoms with Crippen molar-refractivity contribution in [1.29, 1.82) is 0 Å². The minimum atomic E-state index is -0.0487. The zero-order chi connectivity index (χ0) is 23.3. The minimum Gasteiger partial charge on any atom is -0.355 e. The van der Waals surface area contributed by atoms with Gasteiger partial charge in [-0.3, -0.25) is 9.97 Å². The van der Waals surface area contributed by atoms with Gasteiger partial charge in [-0.2, -0.15) is 0 Å². The number of aromatic amines is 2. The maximum absolute atomic E-state index is 4.77. The molecule has 0 spiro atoms. The average molecular weight is 508 g/mol. The molecule has 1 radical (unpaired) electrons. The molecule has 2 N–H and O–H groups in total. The fourth-order valence-electron chi connectivity index (χ4n) is 4.08. The van der Waals surface area contributed by atoms with Crippen LogP contribution >= 0.6 is 0 Å². The predicted octanol–water partition coefficient (Wildman–Crippen LogP) is 6.41. The summed E-state index contributed by atoms with van der Waals surface area (Å²) in [5.41, 5.74) is 10.2. The maximum atomic E-state index is 4.77. The summed E-state index contributed by atoms with van der Waals surface area (Å²) in [6, 6.07) is 14.4. The number of H-pyrrole nitrogens is 2. The van der Waals surface area contributed by atoms with Crippen LogP contribution in [0.15, 0.2) is 54.9 Å². The van der Waals surface area contributed by atoms with Crippen LogP contribution < -0.4 is 0 Å². The monoisotopic (exact) mass is 507 g/mol. The standard InChI is InChI=1S/C28H24N6.Cu/c1-28(2,3)27-16-29-26(15-30-27)24-13-23-12-21-7-6-19(32-21)10-17-4-5-18(31-17)11-20-8-9-22(33-20)14-25(24)34-23;/h4-16,32,34H,1-3H3;. The first-order valence-electron chi connectivity index (χ1n) is 11.3. The van der Waals surface area contributed by atoms with Gasteiger partial charge >= 0.3 is 0 Å². The molecule has 0 saturated heterocycles. The van der Waals surface area contributed by atoms with E-state index in [1.807, 2.05) is 54.9 Å². The number of hydrogen-bond donors (Lipinski definition) is 2. The molecule has 4 aromatic rings. The first-order valence-corrected chi connectivity index (χ1v) is 11.3. The third kappa shape index (κ3) is 4.74. The topological polar surface area (TPSA) is 83.1 Å². The molecule has 6 heterocycles. The van der Waals surface area contributed by atoms with E-state index >= 15 is 0 Å². The quantitative estimate of drug-likeness (QED) is 0.252. The van der Waals surface area contributed by atoms with Crippen LogP contribution in [0.2, 0.25) is 0 Å². The van der Waals surface area contributed by atoms with Crippen LogP contribution in [0.4, 0.5) is 0 Å². The van der Waals surface area contributed by atoms with E-state index in [-0.39, 0.29) is 22.5 Å². The summed E-state index contributed by atoms with van der Waals surface area (Å²) in [6.07, 6.45) is 11.8. The van der Waals surface area contributed by atoms with E-state index in [2.05, 4.69) is 65.0 Å². The Morgan fingerprint density at radius 1 is 0.629 bits per heavy atom. The van der Waals surface area contributed by atoms with Crippen molar-refractivity contribution in [1.82, 2.24) is 29.9 Å². The molecular formula is C28H24CuN6. The SMILES string of the molecule is CC(C)(C)c1cnc(-c2cc3cc4ccc(cc5nc(cc6nc(cc2[nH]3)C=C6)C=C5)[nH]4)cn1.[Cu]. The Morgan fingerprint density at radius 3 is 1.89 bits per heavy atom. The van der Waals surface area contributed by atoms with Crippen LogP contribution in [0.3, 0.4) is 0 Å². The van der Waals surface area contributed by atoms with Crippen LogP contribution in [0.1, 0.15) is 49.2 Å². The molecule has 0 atom stereocenters. The van der Waals surface area contributed by atoms with Gasteiger partial charge in [0.05, 0.1) is 45.9 Å². The molecular weight excluding hydrogens is 484 g/mol. The van der Waals surface area contributed by atoms with E-state index in [0.717, 1.165) is 61.8 Å². The van der Waals surface area contributed by atoms with Gasteiger partial charge in [-0.15, -0.1) is 0 Å². The molecule has 0 aliphatic carbocycles. The van der Waals surface area contributed by atoms with E-state index in [9.17, 15) is 0 Å². The number of aromatic nitrogens is 6. The summed E-state index contributed by atoms with van der Waals surface area (Å²) in [6.45, 7) is 6.42. The van der Waals surface area contributed by atoms with Crippen molar-refractivity contribution in [3.63, 3.8) is 0 Å². The van der Waals surface area contributed by atoms with Crippen LogP contribution in [0, 0.1) is 0 Å². The molecule has 0 fully saturated rings. The Kier molecular flexibility index (Phi) is 5.75. The number of hydrogen-bond acceptors (Lipinski definition) is 4. The van der Waals surface area contributed by atoms with Gasteiger partial charge in [-0.05, 0) is 66.8 Å². The molecule has 6 rings (SSSR count). The third-order valence-electron chi connectivity index (χ3n) is 5.86. The molecule has 7 heteroatoms. The fourth-order valence-corrected chi connectivity index (χ4v) is 4.08. The first kappa shape index (κ1) is 23.0. The predicted molar refractivity (Wildman–Crippen MR) is 139 cm³/mol. The van der Waals surface area contributed by atoms with Crippen LogP contribution in [-0.4, -0.2) is 29.9 Å². The van der Waals surface area contributed by atoms with Gasteiger partial charge in [0.1, 0.15) is 0 Å². The van der Waals surface area contributed by atoms with Gasteiger partial charge < -0.3 is 9.97 Å². The van der Waals surface area contributed by atoms with Crippen molar-refractivity contribution in [3.8, 4) is 11.3 Å². The maximum Gasteiger partial charge on any atom is 0.0907 e. The Bertz CT molecular complexity index is 1630. The Balaban J connectivity index is 0.00000253. The second kappa shape index (κ2) is 8.77. The van der Waals surface area contributed by atoms with Crippen LogP contribution in [0.25, 0.3) is 57.6 Å². The number of rotatable bonds is 1. The Labute approximate surface area is 213 Å². The molecule has 0 saturated carbocycles. The summed E-state index contributed by atoms with van der Waals surface area (Å²) >= 11 is 0. The van der Waals surface area contributed by atoms with Gasteiger partial charge in [0, 0.05) is 50.8 Å². The van der Waals surface area contributed by atoms with E-state index in [1.165, 1.54) is 0 Å². The zero-order valence-corrected chi connectivity index (χ0v) is 20.5. The third-order valence-corrected chi connectivity index (χ3v) is 5.86. The largest absolute Gasteiger partial charge is 0.355 e. The number of nitrogens with zero attached hydrogens (tertiary/aromatic N) is 4. The zero-order valence-electron chi connectivity index (χ0n) is 19.6. The van der Waals surface area contributed by atoms with Crippen molar-refractivity contribution in [2.24, 2.45) is 0 Å². The second-order valence-electron chi connectivity index (χ2n) is 9.63. The summed E-state index contributed by atoms with van der Waals surface area (Å²) in [7, 11) is 0. The van der Waals surface area contributed by atoms with Crippen molar-refractivity contribution >= 4 is 46.4 Å². The number of fused-ring (bicyclic) bond motifs is 8.